The summed E-state index contributed by atoms with van der Waals surface area (Å²) >= 11 is 0. The van der Waals surface area contributed by atoms with Crippen LogP contribution in [0.25, 0.3) is 0 Å². The maximum atomic E-state index is 12.4. The number of hydrogen-bond acceptors (Lipinski definition) is 5. The molecule has 142 valence electrons. The van der Waals surface area contributed by atoms with Gasteiger partial charge in [0.15, 0.2) is 17.6 Å². The Kier molecular flexibility index (Phi) is 5.64. The number of nitrogens with one attached hydrogen (secondary N) is 1. The van der Waals surface area contributed by atoms with Crippen molar-refractivity contribution in [2.24, 2.45) is 0 Å². The zero-order valence-electron chi connectivity index (χ0n) is 15.7. The number of carbonyl (C=O) groups excluding carboxylic acids is 2. The minimum atomic E-state index is -0.895. The quantitative estimate of drug-likeness (QED) is 0.820. The van der Waals surface area contributed by atoms with Gasteiger partial charge in [-0.1, -0.05) is 24.3 Å². The zero-order chi connectivity index (χ0) is 19.4. The molecule has 0 saturated carbocycles. The molecule has 0 aromatic heterocycles. The van der Waals surface area contributed by atoms with Gasteiger partial charge in [-0.25, -0.2) is 0 Å². The lowest BCUT2D eigenvalue weighted by molar-refractivity contribution is -0.152. The largest absolute Gasteiger partial charge is 0.486 e. The fourth-order valence-electron chi connectivity index (χ4n) is 2.89. The lowest BCUT2D eigenvalue weighted by Crippen LogP contribution is -2.31. The monoisotopic (exact) mass is 369 g/mol. The van der Waals surface area contributed by atoms with Gasteiger partial charge in [0, 0.05) is 5.69 Å². The van der Waals surface area contributed by atoms with Gasteiger partial charge in [-0.15, -0.1) is 0 Å². The van der Waals surface area contributed by atoms with Crippen molar-refractivity contribution in [2.45, 2.75) is 33.3 Å². The van der Waals surface area contributed by atoms with Crippen LogP contribution in [0.2, 0.25) is 0 Å². The SMILES string of the molecule is Cc1cccc(C)c1NC(=O)[C@@H](C)OC(=O)Cc1ccc2c(c1)OCCO2. The number of benzene rings is 2. The van der Waals surface area contributed by atoms with Crippen LogP contribution in [0.3, 0.4) is 0 Å². The van der Waals surface area contributed by atoms with E-state index < -0.39 is 12.1 Å². The first-order chi connectivity index (χ1) is 12.9. The molecule has 1 aliphatic rings. The minimum absolute atomic E-state index is 0.0532. The Balaban J connectivity index is 1.58. The van der Waals surface area contributed by atoms with Gasteiger partial charge in [0.1, 0.15) is 13.2 Å². The molecule has 1 heterocycles. The van der Waals surface area contributed by atoms with Crippen LogP contribution in [0.5, 0.6) is 11.5 Å². The summed E-state index contributed by atoms with van der Waals surface area (Å²) in [6, 6.07) is 11.1. The average molecular weight is 369 g/mol. The van der Waals surface area contributed by atoms with Crippen molar-refractivity contribution in [3.05, 3.63) is 53.1 Å². The van der Waals surface area contributed by atoms with Gasteiger partial charge in [-0.05, 0) is 49.6 Å². The molecule has 2 aromatic rings. The molecule has 27 heavy (non-hydrogen) atoms. The third kappa shape index (κ3) is 4.58. The number of hydrogen-bond donors (Lipinski definition) is 1. The first-order valence-corrected chi connectivity index (χ1v) is 8.89. The Labute approximate surface area is 158 Å². The van der Waals surface area contributed by atoms with Crippen molar-refractivity contribution in [3.8, 4) is 11.5 Å². The summed E-state index contributed by atoms with van der Waals surface area (Å²) < 4.78 is 16.3. The van der Waals surface area contributed by atoms with Crippen molar-refractivity contribution in [2.75, 3.05) is 18.5 Å². The standard InChI is InChI=1S/C21H23NO5/c1-13-5-4-6-14(2)20(13)22-21(24)15(3)27-19(23)12-16-7-8-17-18(11-16)26-10-9-25-17/h4-8,11,15H,9-10,12H2,1-3H3,(H,22,24)/t15-/m1/s1. The number of amides is 1. The number of carbonyl (C=O) groups is 2. The van der Waals surface area contributed by atoms with E-state index in [1.165, 1.54) is 0 Å². The molecular formula is C21H23NO5. The van der Waals surface area contributed by atoms with E-state index in [0.29, 0.717) is 24.7 Å². The molecule has 1 amide bonds. The third-order valence-electron chi connectivity index (χ3n) is 4.36. The molecule has 1 atom stereocenters. The number of fused-ring (bicyclic) bond motifs is 1. The Bertz CT molecular complexity index is 841. The second-order valence-corrected chi connectivity index (χ2v) is 6.54. The topological polar surface area (TPSA) is 73.9 Å². The van der Waals surface area contributed by atoms with Crippen LogP contribution in [-0.4, -0.2) is 31.2 Å². The summed E-state index contributed by atoms with van der Waals surface area (Å²) in [5.41, 5.74) is 3.40. The highest BCUT2D eigenvalue weighted by molar-refractivity contribution is 5.96. The van der Waals surface area contributed by atoms with E-state index in [1.807, 2.05) is 32.0 Å². The minimum Gasteiger partial charge on any atom is -0.486 e. The predicted octanol–water partition coefficient (Wildman–Crippen LogP) is 3.19. The van der Waals surface area contributed by atoms with Gasteiger partial charge < -0.3 is 19.5 Å². The zero-order valence-corrected chi connectivity index (χ0v) is 15.7. The number of rotatable bonds is 5. The summed E-state index contributed by atoms with van der Waals surface area (Å²) in [5, 5.41) is 2.84. The molecule has 0 radical (unpaired) electrons. The Hall–Kier alpha value is -3.02. The second-order valence-electron chi connectivity index (χ2n) is 6.54. The average Bonchev–Trinajstić information content (AvgIpc) is 2.64. The molecule has 1 N–H and O–H groups in total. The molecular weight excluding hydrogens is 346 g/mol. The van der Waals surface area contributed by atoms with Crippen LogP contribution in [0, 0.1) is 13.8 Å². The van der Waals surface area contributed by atoms with E-state index in [2.05, 4.69) is 5.32 Å². The van der Waals surface area contributed by atoms with E-state index in [1.54, 1.807) is 25.1 Å². The number of para-hydroxylation sites is 1. The van der Waals surface area contributed by atoms with E-state index >= 15 is 0 Å². The first kappa shape index (κ1) is 18.8. The van der Waals surface area contributed by atoms with Crippen molar-refractivity contribution in [1.82, 2.24) is 0 Å². The van der Waals surface area contributed by atoms with Crippen molar-refractivity contribution < 1.29 is 23.8 Å². The van der Waals surface area contributed by atoms with Crippen LogP contribution >= 0.6 is 0 Å². The van der Waals surface area contributed by atoms with Crippen molar-refractivity contribution in [1.29, 1.82) is 0 Å². The molecule has 0 spiro atoms. The summed E-state index contributed by atoms with van der Waals surface area (Å²) in [6.07, 6.45) is -0.841. The summed E-state index contributed by atoms with van der Waals surface area (Å²) in [7, 11) is 0. The fourth-order valence-corrected chi connectivity index (χ4v) is 2.89. The molecule has 1 aliphatic heterocycles. The third-order valence-corrected chi connectivity index (χ3v) is 4.36. The highest BCUT2D eigenvalue weighted by atomic mass is 16.6. The smallest absolute Gasteiger partial charge is 0.311 e. The molecule has 2 aromatic carbocycles. The van der Waals surface area contributed by atoms with E-state index in [9.17, 15) is 9.59 Å². The van der Waals surface area contributed by atoms with Crippen LogP contribution in [0.15, 0.2) is 36.4 Å². The highest BCUT2D eigenvalue weighted by Gasteiger charge is 2.20. The van der Waals surface area contributed by atoms with E-state index in [-0.39, 0.29) is 12.3 Å². The maximum absolute atomic E-state index is 12.4. The molecule has 6 nitrogen and oxygen atoms in total. The van der Waals surface area contributed by atoms with Gasteiger partial charge in [0.05, 0.1) is 6.42 Å². The second kappa shape index (κ2) is 8.12. The van der Waals surface area contributed by atoms with Gasteiger partial charge in [0.25, 0.3) is 5.91 Å². The van der Waals surface area contributed by atoms with E-state index in [0.717, 1.165) is 22.4 Å². The maximum Gasteiger partial charge on any atom is 0.311 e. The van der Waals surface area contributed by atoms with Crippen molar-refractivity contribution >= 4 is 17.6 Å². The number of ether oxygens (including phenoxy) is 3. The van der Waals surface area contributed by atoms with Crippen LogP contribution in [0.4, 0.5) is 5.69 Å². The summed E-state index contributed by atoms with van der Waals surface area (Å²) in [5.74, 6) is 0.450. The van der Waals surface area contributed by atoms with Crippen LogP contribution in [0.1, 0.15) is 23.6 Å². The number of esters is 1. The fraction of sp³-hybridized carbons (Fsp3) is 0.333. The van der Waals surface area contributed by atoms with Gasteiger partial charge in [-0.3, -0.25) is 9.59 Å². The molecule has 0 fully saturated rings. The molecule has 0 aliphatic carbocycles. The summed E-state index contributed by atoms with van der Waals surface area (Å²) in [6.45, 7) is 6.39. The van der Waals surface area contributed by atoms with Crippen LogP contribution < -0.4 is 14.8 Å². The Morgan fingerprint density at radius 1 is 1.07 bits per heavy atom. The Morgan fingerprint density at radius 3 is 2.44 bits per heavy atom. The predicted molar refractivity (Wildman–Crippen MR) is 101 cm³/mol. The first-order valence-electron chi connectivity index (χ1n) is 8.89. The van der Waals surface area contributed by atoms with Gasteiger partial charge >= 0.3 is 5.97 Å². The lowest BCUT2D eigenvalue weighted by Gasteiger charge is -2.19. The van der Waals surface area contributed by atoms with Gasteiger partial charge in [-0.2, -0.15) is 0 Å². The normalized spacial score (nSPS) is 13.6. The van der Waals surface area contributed by atoms with Crippen LogP contribution in [-0.2, 0) is 20.7 Å². The van der Waals surface area contributed by atoms with E-state index in [4.69, 9.17) is 14.2 Å². The highest BCUT2D eigenvalue weighted by Crippen LogP contribution is 2.31. The number of aryl methyl sites for hydroxylation is 2. The van der Waals surface area contributed by atoms with Crippen molar-refractivity contribution in [3.63, 3.8) is 0 Å². The summed E-state index contributed by atoms with van der Waals surface area (Å²) in [4.78, 5) is 24.6. The lowest BCUT2D eigenvalue weighted by atomic mass is 10.1. The molecule has 6 heteroatoms. The molecule has 0 bridgehead atoms. The molecule has 0 saturated heterocycles. The number of anilines is 1. The van der Waals surface area contributed by atoms with Gasteiger partial charge in [0.2, 0.25) is 0 Å². The Morgan fingerprint density at radius 2 is 1.74 bits per heavy atom. The molecule has 3 rings (SSSR count). The molecule has 0 unspecified atom stereocenters.